The Hall–Kier alpha value is -1.20. The Kier molecular flexibility index (Phi) is 1.67. The van der Waals surface area contributed by atoms with E-state index < -0.39 is 11.1 Å². The zero-order valence-corrected chi connectivity index (χ0v) is 6.84. The molecule has 0 radical (unpaired) electrons. The predicted octanol–water partition coefficient (Wildman–Crippen LogP) is 1.14. The van der Waals surface area contributed by atoms with E-state index in [1.807, 2.05) is 0 Å². The molecule has 1 atom stereocenters. The second kappa shape index (κ2) is 2.69. The predicted molar refractivity (Wildman–Crippen MR) is 45.1 cm³/mol. The molecule has 0 saturated carbocycles. The van der Waals surface area contributed by atoms with Gasteiger partial charge in [0.15, 0.2) is 0 Å². The number of hydrogen-bond donors (Lipinski definition) is 2. The molecule has 2 aromatic rings. The Labute approximate surface area is 70.9 Å². The first-order chi connectivity index (χ1) is 5.77. The lowest BCUT2D eigenvalue weighted by Gasteiger charge is -1.84. The highest BCUT2D eigenvalue weighted by atomic mass is 32.2. The maximum Gasteiger partial charge on any atom is 0.203 e. The van der Waals surface area contributed by atoms with Crippen molar-refractivity contribution in [3.63, 3.8) is 0 Å². The Morgan fingerprint density at radius 2 is 2.42 bits per heavy atom. The molecule has 0 spiro atoms. The lowest BCUT2D eigenvalue weighted by Crippen LogP contribution is -1.85. The third-order valence-electron chi connectivity index (χ3n) is 1.55. The minimum absolute atomic E-state index is 0.281. The van der Waals surface area contributed by atoms with Crippen LogP contribution in [0.25, 0.3) is 11.0 Å². The first-order valence-electron chi connectivity index (χ1n) is 3.32. The first-order valence-corrected chi connectivity index (χ1v) is 4.42. The van der Waals surface area contributed by atoms with Crippen molar-refractivity contribution in [1.82, 2.24) is 9.97 Å². The summed E-state index contributed by atoms with van der Waals surface area (Å²) >= 11 is -1.96. The molecule has 2 N–H and O–H groups in total. The van der Waals surface area contributed by atoms with Crippen LogP contribution in [-0.4, -0.2) is 18.7 Å². The Morgan fingerprint density at radius 1 is 1.58 bits per heavy atom. The third-order valence-corrected chi connectivity index (χ3v) is 2.15. The second-order valence-electron chi connectivity index (χ2n) is 2.32. The highest BCUT2D eigenvalue weighted by Crippen LogP contribution is 2.13. The summed E-state index contributed by atoms with van der Waals surface area (Å²) in [6.07, 6.45) is 1.64. The Morgan fingerprint density at radius 3 is 3.08 bits per heavy atom. The fourth-order valence-corrected chi connectivity index (χ4v) is 1.44. The molecule has 12 heavy (non-hydrogen) atoms. The number of aromatic amines is 1. The van der Waals surface area contributed by atoms with E-state index >= 15 is 0 Å². The lowest BCUT2D eigenvalue weighted by atomic mass is 10.4. The zero-order chi connectivity index (χ0) is 8.55. The molecule has 0 aliphatic carbocycles. The van der Waals surface area contributed by atoms with E-state index in [1.165, 1.54) is 0 Å². The number of H-pyrrole nitrogens is 1. The van der Waals surface area contributed by atoms with Crippen LogP contribution in [0.1, 0.15) is 0 Å². The molecule has 0 bridgehead atoms. The number of pyridine rings is 1. The SMILES string of the molecule is O=S(O)c1cc2ncccc2[nH]1. The van der Waals surface area contributed by atoms with Gasteiger partial charge >= 0.3 is 0 Å². The van der Waals surface area contributed by atoms with E-state index in [0.717, 1.165) is 5.52 Å². The van der Waals surface area contributed by atoms with Gasteiger partial charge in [-0.05, 0) is 12.1 Å². The van der Waals surface area contributed by atoms with Crippen molar-refractivity contribution >= 4 is 22.1 Å². The summed E-state index contributed by atoms with van der Waals surface area (Å²) in [5.74, 6) is 0. The van der Waals surface area contributed by atoms with Gasteiger partial charge in [0.05, 0.1) is 11.0 Å². The van der Waals surface area contributed by atoms with Crippen molar-refractivity contribution in [1.29, 1.82) is 0 Å². The Bertz CT molecular complexity index is 405. The van der Waals surface area contributed by atoms with Crippen molar-refractivity contribution < 1.29 is 8.76 Å². The van der Waals surface area contributed by atoms with Gasteiger partial charge in [-0.1, -0.05) is 0 Å². The van der Waals surface area contributed by atoms with Crippen molar-refractivity contribution in [2.24, 2.45) is 0 Å². The van der Waals surface area contributed by atoms with Crippen LogP contribution in [0.3, 0.4) is 0 Å². The molecule has 2 rings (SSSR count). The minimum Gasteiger partial charge on any atom is -0.344 e. The zero-order valence-electron chi connectivity index (χ0n) is 6.02. The molecule has 0 fully saturated rings. The standard InChI is InChI=1S/C7H6N2O2S/c10-12(11)7-4-6-5(9-7)2-1-3-8-6/h1-4,9H,(H,10,11). The highest BCUT2D eigenvalue weighted by molar-refractivity contribution is 7.79. The molecule has 2 aromatic heterocycles. The van der Waals surface area contributed by atoms with Gasteiger partial charge in [-0.25, -0.2) is 4.21 Å². The summed E-state index contributed by atoms with van der Waals surface area (Å²) in [7, 11) is 0. The molecule has 1 unspecified atom stereocenters. The van der Waals surface area contributed by atoms with Gasteiger partial charge in [0.2, 0.25) is 11.1 Å². The first kappa shape index (κ1) is 7.45. The van der Waals surface area contributed by atoms with Crippen LogP contribution >= 0.6 is 0 Å². The summed E-state index contributed by atoms with van der Waals surface area (Å²) < 4.78 is 19.4. The summed E-state index contributed by atoms with van der Waals surface area (Å²) in [6.45, 7) is 0. The van der Waals surface area contributed by atoms with E-state index in [-0.39, 0.29) is 5.03 Å². The maximum atomic E-state index is 10.6. The van der Waals surface area contributed by atoms with E-state index in [2.05, 4.69) is 9.97 Å². The van der Waals surface area contributed by atoms with Crippen LogP contribution in [0, 0.1) is 0 Å². The summed E-state index contributed by atoms with van der Waals surface area (Å²) in [5, 5.41) is 0.281. The van der Waals surface area contributed by atoms with Crippen molar-refractivity contribution in [2.75, 3.05) is 0 Å². The lowest BCUT2D eigenvalue weighted by molar-refractivity contribution is 0.561. The summed E-state index contributed by atoms with van der Waals surface area (Å²) in [4.78, 5) is 6.79. The van der Waals surface area contributed by atoms with Gasteiger partial charge < -0.3 is 9.54 Å². The average Bonchev–Trinajstić information content (AvgIpc) is 2.46. The molecular formula is C7H6N2O2S. The van der Waals surface area contributed by atoms with Crippen molar-refractivity contribution in [3.8, 4) is 0 Å². The van der Waals surface area contributed by atoms with Gasteiger partial charge in [-0.3, -0.25) is 4.98 Å². The van der Waals surface area contributed by atoms with Crippen LogP contribution in [0.4, 0.5) is 0 Å². The monoisotopic (exact) mass is 182 g/mol. The highest BCUT2D eigenvalue weighted by Gasteiger charge is 2.04. The quantitative estimate of drug-likeness (QED) is 0.650. The topological polar surface area (TPSA) is 66.0 Å². The molecule has 0 aliphatic rings. The fourth-order valence-electron chi connectivity index (χ4n) is 1.03. The molecule has 0 aliphatic heterocycles. The smallest absolute Gasteiger partial charge is 0.203 e. The number of nitrogens with zero attached hydrogens (tertiary/aromatic N) is 1. The molecule has 5 heteroatoms. The molecule has 2 heterocycles. The summed E-state index contributed by atoms with van der Waals surface area (Å²) in [5.41, 5.74) is 1.48. The van der Waals surface area contributed by atoms with Crippen LogP contribution in [0.2, 0.25) is 0 Å². The van der Waals surface area contributed by atoms with Crippen molar-refractivity contribution in [2.45, 2.75) is 5.03 Å². The van der Waals surface area contributed by atoms with Crippen LogP contribution < -0.4 is 0 Å². The average molecular weight is 182 g/mol. The number of hydrogen-bond acceptors (Lipinski definition) is 2. The van der Waals surface area contributed by atoms with Crippen LogP contribution in [0.15, 0.2) is 29.4 Å². The number of aromatic nitrogens is 2. The van der Waals surface area contributed by atoms with Gasteiger partial charge in [0, 0.05) is 12.3 Å². The minimum atomic E-state index is -1.96. The Balaban J connectivity index is 2.70. The van der Waals surface area contributed by atoms with E-state index in [1.54, 1.807) is 24.4 Å². The van der Waals surface area contributed by atoms with E-state index in [9.17, 15) is 4.21 Å². The van der Waals surface area contributed by atoms with Gasteiger partial charge in [0.25, 0.3) is 0 Å². The maximum absolute atomic E-state index is 10.6. The molecule has 4 nitrogen and oxygen atoms in total. The second-order valence-corrected chi connectivity index (χ2v) is 3.26. The van der Waals surface area contributed by atoms with E-state index in [4.69, 9.17) is 4.55 Å². The van der Waals surface area contributed by atoms with Crippen LogP contribution in [-0.2, 0) is 11.1 Å². The largest absolute Gasteiger partial charge is 0.344 e. The van der Waals surface area contributed by atoms with Gasteiger partial charge in [-0.2, -0.15) is 0 Å². The number of nitrogens with one attached hydrogen (secondary N) is 1. The number of fused-ring (bicyclic) bond motifs is 1. The van der Waals surface area contributed by atoms with Gasteiger partial charge in [-0.15, -0.1) is 0 Å². The third kappa shape index (κ3) is 1.13. The molecule has 62 valence electrons. The van der Waals surface area contributed by atoms with E-state index in [0.29, 0.717) is 5.52 Å². The molecule has 0 aromatic carbocycles. The fraction of sp³-hybridized carbons (Fsp3) is 0. The summed E-state index contributed by atoms with van der Waals surface area (Å²) in [6, 6.07) is 5.13. The van der Waals surface area contributed by atoms with Crippen molar-refractivity contribution in [3.05, 3.63) is 24.4 Å². The van der Waals surface area contributed by atoms with Crippen LogP contribution in [0.5, 0.6) is 0 Å². The van der Waals surface area contributed by atoms with Gasteiger partial charge in [0.1, 0.15) is 5.03 Å². The normalized spacial score (nSPS) is 13.4. The molecular weight excluding hydrogens is 176 g/mol. The number of rotatable bonds is 1. The molecule has 0 saturated heterocycles. The molecule has 0 amide bonds.